The van der Waals surface area contributed by atoms with Crippen molar-refractivity contribution in [2.24, 2.45) is 18.0 Å². The molecule has 24 heavy (non-hydrogen) atoms. The predicted octanol–water partition coefficient (Wildman–Crippen LogP) is 1.39. The van der Waals surface area contributed by atoms with Crippen LogP contribution in [0.25, 0.3) is 0 Å². The summed E-state index contributed by atoms with van der Waals surface area (Å²) in [6.07, 6.45) is 2.29. The van der Waals surface area contributed by atoms with Crippen LogP contribution in [0, 0.1) is 5.92 Å². The first kappa shape index (κ1) is 18.8. The summed E-state index contributed by atoms with van der Waals surface area (Å²) < 4.78 is 8.04. The standard InChI is InChI=1S/C18H33N5O/c1-15(2)12-23-9-10-24-17(14-23)11-20-18(19-3)22(5)13-16-7-6-8-21(16)4/h6-8,15,17H,9-14H2,1-5H3,(H,19,20). The van der Waals surface area contributed by atoms with Crippen molar-refractivity contribution in [3.8, 4) is 0 Å². The van der Waals surface area contributed by atoms with Gasteiger partial charge in [-0.05, 0) is 18.1 Å². The number of guanidine groups is 1. The third-order valence-electron chi connectivity index (χ3n) is 4.36. The molecule has 1 unspecified atom stereocenters. The number of nitrogens with zero attached hydrogens (tertiary/aromatic N) is 4. The maximum atomic E-state index is 5.91. The summed E-state index contributed by atoms with van der Waals surface area (Å²) in [6.45, 7) is 10.1. The summed E-state index contributed by atoms with van der Waals surface area (Å²) in [6, 6.07) is 4.20. The molecule has 1 N–H and O–H groups in total. The molecule has 0 radical (unpaired) electrons. The third kappa shape index (κ3) is 5.53. The fourth-order valence-electron chi connectivity index (χ4n) is 3.15. The van der Waals surface area contributed by atoms with Crippen LogP contribution in [0.3, 0.4) is 0 Å². The number of rotatable bonds is 6. The Morgan fingerprint density at radius 1 is 1.50 bits per heavy atom. The van der Waals surface area contributed by atoms with Gasteiger partial charge in [-0.25, -0.2) is 0 Å². The molecule has 136 valence electrons. The zero-order valence-corrected chi connectivity index (χ0v) is 15.8. The van der Waals surface area contributed by atoms with Gasteiger partial charge in [-0.15, -0.1) is 0 Å². The SMILES string of the molecule is CN=C(NCC1CN(CC(C)C)CCO1)N(C)Cc1cccn1C. The van der Waals surface area contributed by atoms with E-state index in [0.717, 1.165) is 45.3 Å². The molecule has 6 nitrogen and oxygen atoms in total. The first-order chi connectivity index (χ1) is 11.5. The largest absolute Gasteiger partial charge is 0.374 e. The van der Waals surface area contributed by atoms with Crippen molar-refractivity contribution in [2.75, 3.05) is 46.9 Å². The van der Waals surface area contributed by atoms with Crippen molar-refractivity contribution in [1.29, 1.82) is 0 Å². The lowest BCUT2D eigenvalue weighted by atomic mass is 10.2. The van der Waals surface area contributed by atoms with E-state index in [1.807, 2.05) is 7.05 Å². The number of ether oxygens (including phenoxy) is 1. The molecule has 1 saturated heterocycles. The second-order valence-electron chi connectivity index (χ2n) is 7.04. The first-order valence-electron chi connectivity index (χ1n) is 8.85. The molecule has 2 heterocycles. The number of aromatic nitrogens is 1. The molecule has 0 amide bonds. The van der Waals surface area contributed by atoms with E-state index in [1.54, 1.807) is 0 Å². The summed E-state index contributed by atoms with van der Waals surface area (Å²) in [5.41, 5.74) is 1.26. The lowest BCUT2D eigenvalue weighted by Crippen LogP contribution is -2.50. The summed E-state index contributed by atoms with van der Waals surface area (Å²) in [7, 11) is 5.96. The van der Waals surface area contributed by atoms with Gasteiger partial charge in [0.15, 0.2) is 5.96 Å². The quantitative estimate of drug-likeness (QED) is 0.630. The molecule has 1 atom stereocenters. The Balaban J connectivity index is 1.81. The maximum Gasteiger partial charge on any atom is 0.193 e. The van der Waals surface area contributed by atoms with Crippen molar-refractivity contribution in [1.82, 2.24) is 19.7 Å². The Kier molecular flexibility index (Phi) is 7.12. The Bertz CT molecular complexity index is 525. The lowest BCUT2D eigenvalue weighted by molar-refractivity contribution is -0.0286. The van der Waals surface area contributed by atoms with Crippen LogP contribution in [0.15, 0.2) is 23.3 Å². The number of aryl methyl sites for hydroxylation is 1. The van der Waals surface area contributed by atoms with Gasteiger partial charge in [-0.3, -0.25) is 9.89 Å². The molecule has 1 aliphatic rings. The number of nitrogens with one attached hydrogen (secondary N) is 1. The predicted molar refractivity (Wildman–Crippen MR) is 99.3 cm³/mol. The molecule has 0 spiro atoms. The van der Waals surface area contributed by atoms with Crippen LogP contribution in [-0.4, -0.2) is 73.3 Å². The van der Waals surface area contributed by atoms with Gasteiger partial charge in [-0.2, -0.15) is 0 Å². The zero-order valence-electron chi connectivity index (χ0n) is 15.8. The Morgan fingerprint density at radius 3 is 2.92 bits per heavy atom. The van der Waals surface area contributed by atoms with Gasteiger partial charge in [-0.1, -0.05) is 13.8 Å². The van der Waals surface area contributed by atoms with Crippen molar-refractivity contribution in [2.45, 2.75) is 26.5 Å². The van der Waals surface area contributed by atoms with Gasteiger partial charge in [0, 0.05) is 59.2 Å². The van der Waals surface area contributed by atoms with Crippen LogP contribution in [-0.2, 0) is 18.3 Å². The molecule has 1 aliphatic heterocycles. The van der Waals surface area contributed by atoms with Gasteiger partial charge in [0.1, 0.15) is 0 Å². The fourth-order valence-corrected chi connectivity index (χ4v) is 3.15. The van der Waals surface area contributed by atoms with Gasteiger partial charge >= 0.3 is 0 Å². The van der Waals surface area contributed by atoms with Gasteiger partial charge < -0.3 is 19.5 Å². The van der Waals surface area contributed by atoms with Crippen LogP contribution in [0.4, 0.5) is 0 Å². The summed E-state index contributed by atoms with van der Waals surface area (Å²) in [5, 5.41) is 3.46. The summed E-state index contributed by atoms with van der Waals surface area (Å²) >= 11 is 0. The molecule has 2 rings (SSSR count). The van der Waals surface area contributed by atoms with Crippen LogP contribution in [0.2, 0.25) is 0 Å². The van der Waals surface area contributed by atoms with Crippen LogP contribution < -0.4 is 5.32 Å². The number of hydrogen-bond acceptors (Lipinski definition) is 3. The lowest BCUT2D eigenvalue weighted by Gasteiger charge is -2.34. The topological polar surface area (TPSA) is 45.0 Å². The van der Waals surface area contributed by atoms with Gasteiger partial charge in [0.2, 0.25) is 0 Å². The van der Waals surface area contributed by atoms with Crippen LogP contribution >= 0.6 is 0 Å². The van der Waals surface area contributed by atoms with E-state index < -0.39 is 0 Å². The van der Waals surface area contributed by atoms with E-state index in [-0.39, 0.29) is 6.10 Å². The molecule has 1 aromatic rings. The summed E-state index contributed by atoms with van der Waals surface area (Å²) in [5.74, 6) is 1.60. The normalized spacial score (nSPS) is 19.8. The van der Waals surface area contributed by atoms with Crippen molar-refractivity contribution < 1.29 is 4.74 Å². The molecule has 0 aromatic carbocycles. The van der Waals surface area contributed by atoms with Crippen molar-refractivity contribution in [3.63, 3.8) is 0 Å². The zero-order chi connectivity index (χ0) is 17.5. The van der Waals surface area contributed by atoms with Crippen LogP contribution in [0.5, 0.6) is 0 Å². The summed E-state index contributed by atoms with van der Waals surface area (Å²) in [4.78, 5) is 9.04. The highest BCUT2D eigenvalue weighted by atomic mass is 16.5. The molecule has 1 aromatic heterocycles. The Morgan fingerprint density at radius 2 is 2.29 bits per heavy atom. The average Bonchev–Trinajstić information content (AvgIpc) is 2.93. The minimum atomic E-state index is 0.220. The molecule has 0 bridgehead atoms. The molecule has 0 aliphatic carbocycles. The second kappa shape index (κ2) is 9.08. The van der Waals surface area contributed by atoms with E-state index >= 15 is 0 Å². The number of morpholine rings is 1. The maximum absolute atomic E-state index is 5.91. The average molecular weight is 335 g/mol. The van der Waals surface area contributed by atoms with E-state index in [9.17, 15) is 0 Å². The van der Waals surface area contributed by atoms with Crippen molar-refractivity contribution >= 4 is 5.96 Å². The monoisotopic (exact) mass is 335 g/mol. The van der Waals surface area contributed by atoms with Crippen LogP contribution in [0.1, 0.15) is 19.5 Å². The van der Waals surface area contributed by atoms with Gasteiger partial charge in [0.25, 0.3) is 0 Å². The first-order valence-corrected chi connectivity index (χ1v) is 8.85. The molecular formula is C18H33N5O. The number of aliphatic imine (C=N–C) groups is 1. The third-order valence-corrected chi connectivity index (χ3v) is 4.36. The van der Waals surface area contributed by atoms with E-state index in [2.05, 4.69) is 70.9 Å². The Hall–Kier alpha value is -1.53. The number of hydrogen-bond donors (Lipinski definition) is 1. The second-order valence-corrected chi connectivity index (χ2v) is 7.04. The van der Waals surface area contributed by atoms with Gasteiger partial charge in [0.05, 0.1) is 19.3 Å². The highest BCUT2D eigenvalue weighted by molar-refractivity contribution is 5.79. The molecule has 6 heteroatoms. The molecule has 1 fully saturated rings. The van der Waals surface area contributed by atoms with Crippen molar-refractivity contribution in [3.05, 3.63) is 24.0 Å². The Labute approximate surface area is 146 Å². The highest BCUT2D eigenvalue weighted by Gasteiger charge is 2.21. The minimum absolute atomic E-state index is 0.220. The van der Waals surface area contributed by atoms with E-state index in [0.29, 0.717) is 5.92 Å². The van der Waals surface area contributed by atoms with E-state index in [1.165, 1.54) is 5.69 Å². The minimum Gasteiger partial charge on any atom is -0.374 e. The molecule has 0 saturated carbocycles. The fraction of sp³-hybridized carbons (Fsp3) is 0.722. The smallest absolute Gasteiger partial charge is 0.193 e. The molecular weight excluding hydrogens is 302 g/mol. The van der Waals surface area contributed by atoms with E-state index in [4.69, 9.17) is 4.74 Å². The highest BCUT2D eigenvalue weighted by Crippen LogP contribution is 2.08.